The zero-order chi connectivity index (χ0) is 18.6. The molecule has 0 radical (unpaired) electrons. The van der Waals surface area contributed by atoms with Crippen LogP contribution in [0, 0.1) is 19.8 Å². The van der Waals surface area contributed by atoms with E-state index in [2.05, 4.69) is 4.90 Å². The molecule has 0 spiro atoms. The Labute approximate surface area is 154 Å². The van der Waals surface area contributed by atoms with Crippen LogP contribution in [0.5, 0.6) is 5.75 Å². The van der Waals surface area contributed by atoms with Crippen molar-refractivity contribution in [2.45, 2.75) is 45.3 Å². The highest BCUT2D eigenvalue weighted by Crippen LogP contribution is 2.36. The molecule has 3 aliphatic rings. The Bertz CT molecular complexity index is 824. The van der Waals surface area contributed by atoms with Crippen LogP contribution in [0.15, 0.2) is 12.1 Å². The number of fused-ring (bicyclic) bond motifs is 1. The number of phenolic OH excluding ortho intramolecular Hbond substituents is 1. The van der Waals surface area contributed by atoms with E-state index < -0.39 is 9.84 Å². The van der Waals surface area contributed by atoms with Crippen molar-refractivity contribution in [3.8, 4) is 5.75 Å². The summed E-state index contributed by atoms with van der Waals surface area (Å²) in [7, 11) is -3.12. The number of benzene rings is 1. The molecule has 2 heterocycles. The first-order valence-electron chi connectivity index (χ1n) is 9.29. The van der Waals surface area contributed by atoms with Crippen LogP contribution < -0.4 is 0 Å². The molecule has 0 bridgehead atoms. The summed E-state index contributed by atoms with van der Waals surface area (Å²) < 4.78 is 24.6. The van der Waals surface area contributed by atoms with E-state index in [1.807, 2.05) is 30.9 Å². The van der Waals surface area contributed by atoms with Crippen molar-refractivity contribution in [1.82, 2.24) is 9.80 Å². The van der Waals surface area contributed by atoms with Crippen LogP contribution in [0.2, 0.25) is 0 Å². The Morgan fingerprint density at radius 2 is 1.73 bits per heavy atom. The fourth-order valence-corrected chi connectivity index (χ4v) is 6.44. The highest BCUT2D eigenvalue weighted by atomic mass is 32.2. The molecule has 7 heteroatoms. The van der Waals surface area contributed by atoms with Crippen LogP contribution in [0.4, 0.5) is 0 Å². The topological polar surface area (TPSA) is 77.9 Å². The van der Waals surface area contributed by atoms with E-state index >= 15 is 0 Å². The number of nitrogens with zero attached hydrogens (tertiary/aromatic N) is 2. The number of rotatable bonds is 3. The molecule has 142 valence electrons. The molecule has 0 unspecified atom stereocenters. The van der Waals surface area contributed by atoms with Gasteiger partial charge in [-0.15, -0.1) is 0 Å². The summed E-state index contributed by atoms with van der Waals surface area (Å²) >= 11 is 0. The molecule has 1 aromatic rings. The fraction of sp³-hybridized carbons (Fsp3) is 0.632. The van der Waals surface area contributed by atoms with Crippen LogP contribution in [0.1, 0.15) is 29.5 Å². The maximum absolute atomic E-state index is 12.6. The normalized spacial score (nSPS) is 28.2. The molecular formula is C19H26N2O4S. The molecule has 2 atom stereocenters. The smallest absolute Gasteiger partial charge is 0.226 e. The van der Waals surface area contributed by atoms with Gasteiger partial charge in [0.15, 0.2) is 9.84 Å². The van der Waals surface area contributed by atoms with Gasteiger partial charge in [0, 0.05) is 31.6 Å². The summed E-state index contributed by atoms with van der Waals surface area (Å²) in [4.78, 5) is 16.6. The van der Waals surface area contributed by atoms with Gasteiger partial charge in [0.25, 0.3) is 0 Å². The van der Waals surface area contributed by atoms with Gasteiger partial charge in [-0.2, -0.15) is 0 Å². The Morgan fingerprint density at radius 3 is 2.35 bits per heavy atom. The second kappa shape index (κ2) is 6.23. The third kappa shape index (κ3) is 3.22. The van der Waals surface area contributed by atoms with Crippen LogP contribution in [0.25, 0.3) is 0 Å². The predicted octanol–water partition coefficient (Wildman–Crippen LogP) is 1.23. The molecule has 1 aliphatic carbocycles. The molecule has 1 amide bonds. The molecule has 1 saturated carbocycles. The maximum Gasteiger partial charge on any atom is 0.226 e. The highest BCUT2D eigenvalue weighted by Gasteiger charge is 2.49. The standard InChI is InChI=1S/C19H26N2O4S/c1-12-7-14(8-13(2)18(12)22)9-20-5-6-21(19(23)15-3-4-15)17-11-26(24,25)10-16(17)20/h7-8,15-17,22H,3-6,9-11H2,1-2H3/t16-,17+/m0/s1. The molecule has 2 aliphatic heterocycles. The Balaban J connectivity index is 1.57. The van der Waals surface area contributed by atoms with Gasteiger partial charge in [0.2, 0.25) is 5.91 Å². The molecule has 6 nitrogen and oxygen atoms in total. The molecule has 2 saturated heterocycles. The van der Waals surface area contributed by atoms with Crippen molar-refractivity contribution >= 4 is 15.7 Å². The molecule has 1 N–H and O–H groups in total. The number of aromatic hydroxyl groups is 1. The zero-order valence-corrected chi connectivity index (χ0v) is 16.1. The summed E-state index contributed by atoms with van der Waals surface area (Å²) in [6, 6.07) is 3.57. The number of hydrogen-bond donors (Lipinski definition) is 1. The zero-order valence-electron chi connectivity index (χ0n) is 15.3. The van der Waals surface area contributed by atoms with E-state index in [0.717, 1.165) is 29.5 Å². The number of amides is 1. The lowest BCUT2D eigenvalue weighted by atomic mass is 10.0. The number of sulfone groups is 1. The quantitative estimate of drug-likeness (QED) is 0.856. The van der Waals surface area contributed by atoms with E-state index in [0.29, 0.717) is 25.4 Å². The Kier molecular flexibility index (Phi) is 4.27. The minimum Gasteiger partial charge on any atom is -0.507 e. The van der Waals surface area contributed by atoms with E-state index in [1.54, 1.807) is 0 Å². The number of carbonyl (C=O) groups is 1. The first kappa shape index (κ1) is 17.8. The average molecular weight is 378 g/mol. The number of phenols is 1. The van der Waals surface area contributed by atoms with Crippen molar-refractivity contribution in [1.29, 1.82) is 0 Å². The van der Waals surface area contributed by atoms with Crippen LogP contribution in [-0.4, -0.2) is 65.9 Å². The van der Waals surface area contributed by atoms with E-state index in [9.17, 15) is 18.3 Å². The number of piperazine rings is 1. The number of aryl methyl sites for hydroxylation is 2. The van der Waals surface area contributed by atoms with Gasteiger partial charge in [-0.05, 0) is 43.4 Å². The summed E-state index contributed by atoms with van der Waals surface area (Å²) in [5, 5.41) is 9.97. The lowest BCUT2D eigenvalue weighted by molar-refractivity contribution is -0.138. The molecule has 4 rings (SSSR count). The average Bonchev–Trinajstić information content (AvgIpc) is 3.35. The fourth-order valence-electron chi connectivity index (χ4n) is 4.43. The van der Waals surface area contributed by atoms with E-state index in [-0.39, 0.29) is 35.4 Å². The molecule has 26 heavy (non-hydrogen) atoms. The second-order valence-electron chi connectivity index (χ2n) is 8.07. The van der Waals surface area contributed by atoms with Gasteiger partial charge in [-0.3, -0.25) is 9.69 Å². The first-order chi connectivity index (χ1) is 12.2. The molecule has 3 fully saturated rings. The molecule has 1 aromatic carbocycles. The van der Waals surface area contributed by atoms with Crippen LogP contribution in [-0.2, 0) is 21.2 Å². The van der Waals surface area contributed by atoms with Crippen molar-refractivity contribution < 1.29 is 18.3 Å². The van der Waals surface area contributed by atoms with Gasteiger partial charge in [0.1, 0.15) is 5.75 Å². The Hall–Kier alpha value is -1.60. The third-order valence-corrected chi connectivity index (χ3v) is 7.64. The third-order valence-electron chi connectivity index (χ3n) is 5.94. The Morgan fingerprint density at radius 1 is 1.12 bits per heavy atom. The van der Waals surface area contributed by atoms with Crippen molar-refractivity contribution in [2.75, 3.05) is 24.6 Å². The van der Waals surface area contributed by atoms with E-state index in [4.69, 9.17) is 0 Å². The van der Waals surface area contributed by atoms with Gasteiger partial charge in [-0.25, -0.2) is 8.42 Å². The predicted molar refractivity (Wildman–Crippen MR) is 98.7 cm³/mol. The van der Waals surface area contributed by atoms with Gasteiger partial charge >= 0.3 is 0 Å². The minimum atomic E-state index is -3.12. The summed E-state index contributed by atoms with van der Waals surface area (Å²) in [6.45, 7) is 5.68. The SMILES string of the molecule is Cc1cc(CN2CCN(C(=O)C3CC3)[C@@H]3CS(=O)(=O)C[C@@H]32)cc(C)c1O. The van der Waals surface area contributed by atoms with Gasteiger partial charge < -0.3 is 10.0 Å². The monoisotopic (exact) mass is 378 g/mol. The highest BCUT2D eigenvalue weighted by molar-refractivity contribution is 7.91. The van der Waals surface area contributed by atoms with Crippen LogP contribution >= 0.6 is 0 Å². The second-order valence-corrected chi connectivity index (χ2v) is 10.2. The molecule has 0 aromatic heterocycles. The van der Waals surface area contributed by atoms with Crippen molar-refractivity contribution in [3.63, 3.8) is 0 Å². The first-order valence-corrected chi connectivity index (χ1v) is 11.1. The summed E-state index contributed by atoms with van der Waals surface area (Å²) in [6.07, 6.45) is 1.88. The lowest BCUT2D eigenvalue weighted by Crippen LogP contribution is -2.60. The van der Waals surface area contributed by atoms with Gasteiger partial charge in [-0.1, -0.05) is 12.1 Å². The number of hydrogen-bond acceptors (Lipinski definition) is 5. The van der Waals surface area contributed by atoms with Crippen LogP contribution in [0.3, 0.4) is 0 Å². The summed E-state index contributed by atoms with van der Waals surface area (Å²) in [5.74, 6) is 0.790. The largest absolute Gasteiger partial charge is 0.507 e. The number of carbonyl (C=O) groups excluding carboxylic acids is 1. The lowest BCUT2D eigenvalue weighted by Gasteiger charge is -2.44. The minimum absolute atomic E-state index is 0.0836. The van der Waals surface area contributed by atoms with Gasteiger partial charge in [0.05, 0.1) is 17.5 Å². The molecular weight excluding hydrogens is 352 g/mol. The maximum atomic E-state index is 12.6. The summed E-state index contributed by atoms with van der Waals surface area (Å²) in [5.41, 5.74) is 2.74. The van der Waals surface area contributed by atoms with Crippen molar-refractivity contribution in [2.24, 2.45) is 5.92 Å². The van der Waals surface area contributed by atoms with E-state index in [1.165, 1.54) is 0 Å². The van der Waals surface area contributed by atoms with Crippen molar-refractivity contribution in [3.05, 3.63) is 28.8 Å².